The quantitative estimate of drug-likeness (QED) is 0.110. The highest BCUT2D eigenvalue weighted by Gasteiger charge is 2.19. The van der Waals surface area contributed by atoms with Crippen molar-refractivity contribution in [3.8, 4) is 135 Å². The predicted molar refractivity (Wildman–Crippen MR) is 408 cm³/mol. The number of benzene rings is 10. The topological polar surface area (TPSA) is 116 Å². The van der Waals surface area contributed by atoms with Crippen molar-refractivity contribution in [1.29, 1.82) is 0 Å². The van der Waals surface area contributed by atoms with Crippen molar-refractivity contribution >= 4 is 43.4 Å². The molecular weight excluding hydrogens is 1220 g/mol. The van der Waals surface area contributed by atoms with E-state index in [2.05, 4.69) is 232 Å². The molecule has 18 rings (SSSR count). The minimum absolute atomic E-state index is 0.711. The summed E-state index contributed by atoms with van der Waals surface area (Å²) in [4.78, 5) is 43.5. The van der Waals surface area contributed by atoms with Gasteiger partial charge in [-0.15, -0.1) is 0 Å². The summed E-state index contributed by atoms with van der Waals surface area (Å²) < 4.78 is 0. The SMILES string of the molecule is c1ccc(-c2cc(-c3ccc(-c4cccc(-c5cccc6c(-c7ccccn7)nc7ccccc7c56)c4)cc3)cc(-c3ccccn3)n2)nc1.c1ccc(-c2cc(-c3ccc(-c4cccc(-c5cccc6c(-c7ccccn7)nc7ccccc7c56)c4)cc3)nc(-c3ccccc3)n2)cc1. The highest BCUT2D eigenvalue weighted by molar-refractivity contribution is 6.18. The van der Waals surface area contributed by atoms with Gasteiger partial charge >= 0.3 is 0 Å². The smallest absolute Gasteiger partial charge is 0.160 e. The molecule has 0 aliphatic rings. The number of rotatable bonds is 12. The van der Waals surface area contributed by atoms with Crippen molar-refractivity contribution in [2.75, 3.05) is 0 Å². The molecule has 8 aromatic heterocycles. The highest BCUT2D eigenvalue weighted by Crippen LogP contribution is 2.42. The molecule has 0 spiro atoms. The molecule has 0 fully saturated rings. The second-order valence-electron chi connectivity index (χ2n) is 24.4. The van der Waals surface area contributed by atoms with Crippen molar-refractivity contribution in [1.82, 2.24) is 44.9 Å². The van der Waals surface area contributed by atoms with Crippen LogP contribution in [0.4, 0.5) is 0 Å². The van der Waals surface area contributed by atoms with Gasteiger partial charge in [0.05, 0.1) is 68.0 Å². The van der Waals surface area contributed by atoms with Gasteiger partial charge in [0, 0.05) is 73.8 Å². The monoisotopic (exact) mass is 1280 g/mol. The largest absolute Gasteiger partial charge is 0.255 e. The molecule has 0 saturated heterocycles. The summed E-state index contributed by atoms with van der Waals surface area (Å²) in [5.41, 5.74) is 24.9. The third-order valence-electron chi connectivity index (χ3n) is 18.2. The van der Waals surface area contributed by atoms with Crippen molar-refractivity contribution in [2.45, 2.75) is 0 Å². The summed E-state index contributed by atoms with van der Waals surface area (Å²) in [5, 5.41) is 6.78. The number of aromatic nitrogens is 9. The Morgan fingerprint density at radius 3 is 0.970 bits per heavy atom. The van der Waals surface area contributed by atoms with Crippen LogP contribution in [0.3, 0.4) is 0 Å². The molecular formula is C91H59N9. The van der Waals surface area contributed by atoms with Crippen molar-refractivity contribution in [3.05, 3.63) is 358 Å². The molecule has 468 valence electrons. The maximum absolute atomic E-state index is 5.08. The Bertz CT molecular complexity index is 5500. The number of nitrogens with zero attached hydrogens (tertiary/aromatic N) is 9. The summed E-state index contributed by atoms with van der Waals surface area (Å²) in [6.07, 6.45) is 7.24. The number of fused-ring (bicyclic) bond motifs is 6. The fourth-order valence-electron chi connectivity index (χ4n) is 13.4. The molecule has 9 nitrogen and oxygen atoms in total. The van der Waals surface area contributed by atoms with Gasteiger partial charge < -0.3 is 0 Å². The first-order valence-electron chi connectivity index (χ1n) is 33.3. The second kappa shape index (κ2) is 26.9. The van der Waals surface area contributed by atoms with Gasteiger partial charge in [0.25, 0.3) is 0 Å². The van der Waals surface area contributed by atoms with Gasteiger partial charge in [-0.25, -0.2) is 24.9 Å². The van der Waals surface area contributed by atoms with Crippen LogP contribution in [-0.4, -0.2) is 44.9 Å². The lowest BCUT2D eigenvalue weighted by Gasteiger charge is -2.14. The lowest BCUT2D eigenvalue weighted by molar-refractivity contribution is 1.18. The van der Waals surface area contributed by atoms with Gasteiger partial charge in [-0.1, -0.05) is 243 Å². The van der Waals surface area contributed by atoms with Crippen molar-refractivity contribution in [3.63, 3.8) is 0 Å². The third kappa shape index (κ3) is 12.1. The van der Waals surface area contributed by atoms with E-state index >= 15 is 0 Å². The molecule has 9 heteroatoms. The molecule has 0 unspecified atom stereocenters. The standard InChI is InChI=1S/C46H30N4.C45H29N5/c1-3-13-32(14-4-1)42-30-43(50-46(49-42)34-15-5-2-6-16-34)33-26-24-31(25-27-33)35-17-11-18-36(29-35)37-20-12-21-39-44(37)38-19-7-8-22-40(38)48-45(39)41-23-9-10-28-47-41;1-2-16-38-36(13-1)44-35(14-10-15-37(44)45(50-38)41-19-5-8-26-48-41)33-12-9-11-32(27-33)30-20-22-31(23-21-30)34-28-42(39-17-3-6-24-46-39)49-43(29-34)40-18-4-7-25-47-40/h1-30H;1-29H. The van der Waals surface area contributed by atoms with Gasteiger partial charge in [-0.3, -0.25) is 19.9 Å². The Labute approximate surface area is 578 Å². The first-order valence-corrected chi connectivity index (χ1v) is 33.3. The molecule has 18 aromatic rings. The summed E-state index contributed by atoms with van der Waals surface area (Å²) in [6.45, 7) is 0. The van der Waals surface area contributed by atoms with E-state index in [1.165, 1.54) is 16.3 Å². The van der Waals surface area contributed by atoms with Crippen molar-refractivity contribution < 1.29 is 0 Å². The Morgan fingerprint density at radius 2 is 0.520 bits per heavy atom. The summed E-state index contributed by atoms with van der Waals surface area (Å²) in [5.74, 6) is 0.711. The predicted octanol–water partition coefficient (Wildman–Crippen LogP) is 22.5. The zero-order chi connectivity index (χ0) is 66.6. The van der Waals surface area contributed by atoms with Gasteiger partial charge in [0.15, 0.2) is 5.82 Å². The first kappa shape index (κ1) is 60.1. The van der Waals surface area contributed by atoms with Crippen LogP contribution in [0.25, 0.3) is 178 Å². The number of hydrogen-bond acceptors (Lipinski definition) is 9. The molecule has 0 aliphatic heterocycles. The lowest BCUT2D eigenvalue weighted by atomic mass is 9.92. The van der Waals surface area contributed by atoms with Crippen LogP contribution in [0.1, 0.15) is 0 Å². The molecule has 0 aliphatic carbocycles. The van der Waals surface area contributed by atoms with E-state index in [-0.39, 0.29) is 0 Å². The molecule has 0 amide bonds. The van der Waals surface area contributed by atoms with E-state index in [4.69, 9.17) is 24.9 Å². The fraction of sp³-hybridized carbons (Fsp3) is 0. The maximum Gasteiger partial charge on any atom is 0.160 e. The minimum Gasteiger partial charge on any atom is -0.255 e. The average molecular weight is 1280 g/mol. The van der Waals surface area contributed by atoms with E-state index in [9.17, 15) is 0 Å². The van der Waals surface area contributed by atoms with Crippen LogP contribution >= 0.6 is 0 Å². The summed E-state index contributed by atoms with van der Waals surface area (Å²) in [7, 11) is 0. The average Bonchev–Trinajstić information content (AvgIpc) is 0.752. The van der Waals surface area contributed by atoms with Crippen LogP contribution < -0.4 is 0 Å². The molecule has 0 N–H and O–H groups in total. The summed E-state index contributed by atoms with van der Waals surface area (Å²) >= 11 is 0. The fourth-order valence-corrected chi connectivity index (χ4v) is 13.4. The molecule has 10 aromatic carbocycles. The number of pyridine rings is 7. The third-order valence-corrected chi connectivity index (χ3v) is 18.2. The second-order valence-corrected chi connectivity index (χ2v) is 24.4. The van der Waals surface area contributed by atoms with Gasteiger partial charge in [0.2, 0.25) is 0 Å². The Hall–Kier alpha value is -13.6. The minimum atomic E-state index is 0.711. The Balaban J connectivity index is 0.000000150. The molecule has 8 heterocycles. The molecule has 0 saturated carbocycles. The zero-order valence-corrected chi connectivity index (χ0v) is 54.1. The lowest BCUT2D eigenvalue weighted by Crippen LogP contribution is -1.95. The van der Waals surface area contributed by atoms with Crippen LogP contribution in [0.2, 0.25) is 0 Å². The maximum atomic E-state index is 5.08. The van der Waals surface area contributed by atoms with E-state index in [1.807, 2.05) is 134 Å². The molecule has 0 radical (unpaired) electrons. The normalized spacial score (nSPS) is 11.2. The summed E-state index contributed by atoms with van der Waals surface area (Å²) in [6, 6.07) is 115. The number of para-hydroxylation sites is 2. The number of hydrogen-bond donors (Lipinski definition) is 0. The van der Waals surface area contributed by atoms with Crippen LogP contribution in [0.15, 0.2) is 358 Å². The van der Waals surface area contributed by atoms with E-state index in [0.29, 0.717) is 5.82 Å². The van der Waals surface area contributed by atoms with Gasteiger partial charge in [-0.2, -0.15) is 0 Å². The van der Waals surface area contributed by atoms with E-state index in [1.54, 1.807) is 12.4 Å². The van der Waals surface area contributed by atoms with Gasteiger partial charge in [-0.05, 0) is 147 Å². The first-order chi connectivity index (χ1) is 49.6. The zero-order valence-electron chi connectivity index (χ0n) is 54.1. The molecule has 0 bridgehead atoms. The van der Waals surface area contributed by atoms with Crippen molar-refractivity contribution in [2.24, 2.45) is 0 Å². The van der Waals surface area contributed by atoms with Gasteiger partial charge in [0.1, 0.15) is 0 Å². The van der Waals surface area contributed by atoms with E-state index in [0.717, 1.165) is 156 Å². The van der Waals surface area contributed by atoms with Crippen LogP contribution in [0.5, 0.6) is 0 Å². The molecule has 100 heavy (non-hydrogen) atoms. The Morgan fingerprint density at radius 1 is 0.170 bits per heavy atom. The van der Waals surface area contributed by atoms with Crippen LogP contribution in [0, 0.1) is 0 Å². The Kier molecular flexibility index (Phi) is 16.1. The van der Waals surface area contributed by atoms with E-state index < -0.39 is 0 Å². The highest BCUT2D eigenvalue weighted by atomic mass is 14.9. The molecule has 0 atom stereocenters. The van der Waals surface area contributed by atoms with Crippen LogP contribution in [-0.2, 0) is 0 Å².